The van der Waals surface area contributed by atoms with Crippen molar-refractivity contribution in [3.8, 4) is 11.5 Å². The summed E-state index contributed by atoms with van der Waals surface area (Å²) in [5.41, 5.74) is 0.588. The number of carbonyl (C=O) groups is 1. The van der Waals surface area contributed by atoms with Gasteiger partial charge in [-0.2, -0.15) is 0 Å². The second-order valence-corrected chi connectivity index (χ2v) is 8.25. The van der Waals surface area contributed by atoms with Gasteiger partial charge in [-0.15, -0.1) is 0 Å². The van der Waals surface area contributed by atoms with Gasteiger partial charge in [0.2, 0.25) is 0 Å². The van der Waals surface area contributed by atoms with Gasteiger partial charge in [0.15, 0.2) is 11.5 Å². The van der Waals surface area contributed by atoms with Crippen molar-refractivity contribution in [2.24, 2.45) is 0 Å². The highest BCUT2D eigenvalue weighted by atomic mass is 16.5. The lowest BCUT2D eigenvalue weighted by atomic mass is 9.91. The van der Waals surface area contributed by atoms with Crippen LogP contribution in [0.25, 0.3) is 0 Å². The molecule has 0 aliphatic heterocycles. The Morgan fingerprint density at radius 2 is 1.66 bits per heavy atom. The Morgan fingerprint density at radius 3 is 2.31 bits per heavy atom. The Hall–Kier alpha value is -3.03. The quantitative estimate of drug-likeness (QED) is 0.612. The van der Waals surface area contributed by atoms with Crippen LogP contribution in [0.5, 0.6) is 11.5 Å². The lowest BCUT2D eigenvalue weighted by molar-refractivity contribution is 0.0926. The number of carbonyl (C=O) groups excluding carboxylic acids is 1. The molecule has 8 heteroatoms. The van der Waals surface area contributed by atoms with Crippen LogP contribution in [0.2, 0.25) is 0 Å². The van der Waals surface area contributed by atoms with Crippen LogP contribution in [0.1, 0.15) is 55.7 Å². The Balaban J connectivity index is 1.55. The lowest BCUT2D eigenvalue weighted by Crippen LogP contribution is -2.40. The molecule has 1 heterocycles. The van der Waals surface area contributed by atoms with E-state index in [1.54, 1.807) is 18.2 Å². The fraction of sp³-hybridized carbons (Fsp3) is 0.542. The molecular formula is C24H35N5O3. The SMILES string of the molecule is CCOc1ccc(C(=O)N[C@H]2CC[C@@H](Nc3cc(N(C)C)nc(C)n3)CC2)cc1OCC. The minimum absolute atomic E-state index is 0.0764. The molecule has 0 unspecified atom stereocenters. The van der Waals surface area contributed by atoms with E-state index in [-0.39, 0.29) is 11.9 Å². The second-order valence-electron chi connectivity index (χ2n) is 8.25. The Labute approximate surface area is 190 Å². The molecule has 1 aliphatic carbocycles. The molecule has 2 N–H and O–H groups in total. The van der Waals surface area contributed by atoms with E-state index in [0.29, 0.717) is 36.3 Å². The van der Waals surface area contributed by atoms with Gasteiger partial charge < -0.3 is 25.0 Å². The molecule has 3 rings (SSSR count). The molecule has 0 radical (unpaired) electrons. The molecular weight excluding hydrogens is 406 g/mol. The third kappa shape index (κ3) is 6.24. The molecule has 1 aromatic heterocycles. The summed E-state index contributed by atoms with van der Waals surface area (Å²) in [5, 5.41) is 6.72. The van der Waals surface area contributed by atoms with E-state index in [0.717, 1.165) is 43.1 Å². The van der Waals surface area contributed by atoms with Crippen molar-refractivity contribution in [2.75, 3.05) is 37.5 Å². The molecule has 8 nitrogen and oxygen atoms in total. The van der Waals surface area contributed by atoms with Crippen LogP contribution in [0.3, 0.4) is 0 Å². The predicted molar refractivity (Wildman–Crippen MR) is 127 cm³/mol. The van der Waals surface area contributed by atoms with Gasteiger partial charge in [-0.25, -0.2) is 9.97 Å². The molecule has 1 aromatic carbocycles. The zero-order valence-electron chi connectivity index (χ0n) is 19.8. The summed E-state index contributed by atoms with van der Waals surface area (Å²) in [7, 11) is 3.95. The van der Waals surface area contributed by atoms with Gasteiger partial charge in [-0.05, 0) is 64.7 Å². The number of anilines is 2. The van der Waals surface area contributed by atoms with Crippen molar-refractivity contribution in [1.29, 1.82) is 0 Å². The maximum Gasteiger partial charge on any atom is 0.251 e. The molecule has 2 aromatic rings. The van der Waals surface area contributed by atoms with E-state index in [1.165, 1.54) is 0 Å². The number of benzene rings is 1. The summed E-state index contributed by atoms with van der Waals surface area (Å²) in [6.07, 6.45) is 3.78. The number of nitrogens with zero attached hydrogens (tertiary/aromatic N) is 3. The van der Waals surface area contributed by atoms with Gasteiger partial charge in [-0.1, -0.05) is 0 Å². The fourth-order valence-corrected chi connectivity index (χ4v) is 3.91. The summed E-state index contributed by atoms with van der Waals surface area (Å²) in [4.78, 5) is 23.7. The monoisotopic (exact) mass is 441 g/mol. The van der Waals surface area contributed by atoms with Crippen molar-refractivity contribution in [2.45, 2.75) is 58.5 Å². The highest BCUT2D eigenvalue weighted by Crippen LogP contribution is 2.29. The number of hydrogen-bond acceptors (Lipinski definition) is 7. The van der Waals surface area contributed by atoms with Gasteiger partial charge in [0, 0.05) is 37.8 Å². The Kier molecular flexibility index (Phi) is 8.14. The zero-order valence-corrected chi connectivity index (χ0v) is 19.8. The third-order valence-corrected chi connectivity index (χ3v) is 5.50. The smallest absolute Gasteiger partial charge is 0.251 e. The first kappa shape index (κ1) is 23.6. The van der Waals surface area contributed by atoms with Crippen molar-refractivity contribution >= 4 is 17.5 Å². The first-order chi connectivity index (χ1) is 15.4. The molecule has 32 heavy (non-hydrogen) atoms. The number of aryl methyl sites for hydroxylation is 1. The first-order valence-electron chi connectivity index (χ1n) is 11.4. The van der Waals surface area contributed by atoms with Gasteiger partial charge in [0.05, 0.1) is 13.2 Å². The van der Waals surface area contributed by atoms with Crippen LogP contribution in [0.15, 0.2) is 24.3 Å². The molecule has 0 spiro atoms. The van der Waals surface area contributed by atoms with Crippen LogP contribution < -0.4 is 25.0 Å². The number of rotatable bonds is 9. The van der Waals surface area contributed by atoms with Crippen molar-refractivity contribution in [3.05, 3.63) is 35.7 Å². The van der Waals surface area contributed by atoms with Gasteiger partial charge in [0.1, 0.15) is 17.5 Å². The van der Waals surface area contributed by atoms with E-state index in [4.69, 9.17) is 9.47 Å². The number of aromatic nitrogens is 2. The minimum Gasteiger partial charge on any atom is -0.490 e. The minimum atomic E-state index is -0.0764. The highest BCUT2D eigenvalue weighted by Gasteiger charge is 2.24. The molecule has 1 fully saturated rings. The van der Waals surface area contributed by atoms with Crippen LogP contribution in [-0.4, -0.2) is 55.3 Å². The number of ether oxygens (including phenoxy) is 2. The van der Waals surface area contributed by atoms with E-state index in [9.17, 15) is 4.79 Å². The van der Waals surface area contributed by atoms with Crippen molar-refractivity contribution in [3.63, 3.8) is 0 Å². The van der Waals surface area contributed by atoms with Crippen LogP contribution >= 0.6 is 0 Å². The number of nitrogens with one attached hydrogen (secondary N) is 2. The zero-order chi connectivity index (χ0) is 23.1. The largest absolute Gasteiger partial charge is 0.490 e. The molecule has 0 saturated heterocycles. The topological polar surface area (TPSA) is 88.6 Å². The van der Waals surface area contributed by atoms with E-state index in [2.05, 4.69) is 20.6 Å². The van der Waals surface area contributed by atoms with Crippen molar-refractivity contribution in [1.82, 2.24) is 15.3 Å². The summed E-state index contributed by atoms with van der Waals surface area (Å²) in [5.74, 6) is 3.69. The fourth-order valence-electron chi connectivity index (χ4n) is 3.91. The molecule has 1 saturated carbocycles. The maximum absolute atomic E-state index is 12.8. The van der Waals surface area contributed by atoms with Gasteiger partial charge in [-0.3, -0.25) is 4.79 Å². The van der Waals surface area contributed by atoms with Gasteiger partial charge in [0.25, 0.3) is 5.91 Å². The average molecular weight is 442 g/mol. The number of hydrogen-bond donors (Lipinski definition) is 2. The number of amides is 1. The van der Waals surface area contributed by atoms with E-state index < -0.39 is 0 Å². The van der Waals surface area contributed by atoms with Crippen LogP contribution in [0, 0.1) is 6.92 Å². The first-order valence-corrected chi connectivity index (χ1v) is 11.4. The average Bonchev–Trinajstić information content (AvgIpc) is 2.76. The third-order valence-electron chi connectivity index (χ3n) is 5.50. The summed E-state index contributed by atoms with van der Waals surface area (Å²) in [6.45, 7) is 6.81. The van der Waals surface area contributed by atoms with Crippen molar-refractivity contribution < 1.29 is 14.3 Å². The molecule has 0 atom stereocenters. The summed E-state index contributed by atoms with van der Waals surface area (Å²) < 4.78 is 11.2. The standard InChI is InChI=1S/C24H35N5O3/c1-6-31-20-13-8-17(14-21(20)32-7-2)24(30)28-19-11-9-18(10-12-19)27-22-15-23(29(4)5)26-16(3)25-22/h8,13-15,18-19H,6-7,9-12H2,1-5H3,(H,28,30)(H,25,26,27)/t18-,19+. The van der Waals surface area contributed by atoms with Crippen LogP contribution in [-0.2, 0) is 0 Å². The summed E-state index contributed by atoms with van der Waals surface area (Å²) >= 11 is 0. The maximum atomic E-state index is 12.8. The van der Waals surface area contributed by atoms with Gasteiger partial charge >= 0.3 is 0 Å². The molecule has 1 amide bonds. The highest BCUT2D eigenvalue weighted by molar-refractivity contribution is 5.95. The Bertz CT molecular complexity index is 911. The van der Waals surface area contributed by atoms with E-state index >= 15 is 0 Å². The molecule has 1 aliphatic rings. The van der Waals surface area contributed by atoms with E-state index in [1.807, 2.05) is 45.8 Å². The normalized spacial score (nSPS) is 18.0. The molecule has 0 bridgehead atoms. The lowest BCUT2D eigenvalue weighted by Gasteiger charge is -2.30. The predicted octanol–water partition coefficient (Wildman–Crippen LogP) is 3.80. The Morgan fingerprint density at radius 1 is 1.00 bits per heavy atom. The summed E-state index contributed by atoms with van der Waals surface area (Å²) in [6, 6.07) is 7.82. The van der Waals surface area contributed by atoms with Crippen LogP contribution in [0.4, 0.5) is 11.6 Å². The molecule has 174 valence electrons. The second kappa shape index (κ2) is 11.0.